The van der Waals surface area contributed by atoms with Gasteiger partial charge in [0.25, 0.3) is 15.9 Å². The Hall–Kier alpha value is -3.63. The Labute approximate surface area is 245 Å². The molecule has 0 saturated carbocycles. The molecule has 1 aliphatic rings. The van der Waals surface area contributed by atoms with Crippen LogP contribution in [0, 0.1) is 0 Å². The summed E-state index contributed by atoms with van der Waals surface area (Å²) in [6.07, 6.45) is -5.19. The Kier molecular flexibility index (Phi) is 9.58. The number of alkyl halides is 5. The van der Waals surface area contributed by atoms with Crippen LogP contribution in [0.1, 0.15) is 53.5 Å². The zero-order valence-corrected chi connectivity index (χ0v) is 25.1. The molecule has 17 heteroatoms. The Morgan fingerprint density at radius 2 is 1.84 bits per heavy atom. The van der Waals surface area contributed by atoms with Gasteiger partial charge in [0.2, 0.25) is 11.5 Å². The highest BCUT2D eigenvalue weighted by Gasteiger charge is 2.50. The third kappa shape index (κ3) is 8.06. The molecular weight excluding hydrogens is 607 g/mol. The van der Waals surface area contributed by atoms with E-state index in [2.05, 4.69) is 19.9 Å². The molecular formula is C26H33F5N4O7S. The van der Waals surface area contributed by atoms with E-state index in [-0.39, 0.29) is 42.4 Å². The van der Waals surface area contributed by atoms with Crippen LogP contribution in [0.25, 0.3) is 0 Å². The van der Waals surface area contributed by atoms with E-state index >= 15 is 0 Å². The number of benzene rings is 1. The number of hydrogen-bond donors (Lipinski definition) is 1. The summed E-state index contributed by atoms with van der Waals surface area (Å²) >= 11 is 0. The molecule has 0 fully saturated rings. The molecule has 3 rings (SSSR count). The number of nitrogens with zero attached hydrogens (tertiary/aromatic N) is 3. The Balaban J connectivity index is 2.06. The molecule has 0 aliphatic carbocycles. The molecule has 1 N–H and O–H groups in total. The van der Waals surface area contributed by atoms with Crippen LogP contribution in [-0.2, 0) is 37.3 Å². The number of aromatic nitrogens is 2. The summed E-state index contributed by atoms with van der Waals surface area (Å²) in [6, 6.07) is 3.91. The van der Waals surface area contributed by atoms with Gasteiger partial charge in [-0.25, -0.2) is 8.42 Å². The van der Waals surface area contributed by atoms with Gasteiger partial charge in [-0.05, 0) is 52.3 Å². The van der Waals surface area contributed by atoms with E-state index in [0.717, 1.165) is 15.2 Å². The van der Waals surface area contributed by atoms with E-state index in [4.69, 9.17) is 4.74 Å². The van der Waals surface area contributed by atoms with Crippen molar-refractivity contribution in [3.63, 3.8) is 0 Å². The van der Waals surface area contributed by atoms with Crippen molar-refractivity contribution in [2.24, 2.45) is 0 Å². The number of carbonyl (C=O) groups excluding carboxylic acids is 2. The first-order valence-electron chi connectivity index (χ1n) is 13.1. The molecule has 240 valence electrons. The first kappa shape index (κ1) is 33.9. The van der Waals surface area contributed by atoms with Gasteiger partial charge in [-0.2, -0.15) is 22.0 Å². The molecule has 0 saturated heterocycles. The van der Waals surface area contributed by atoms with Crippen molar-refractivity contribution in [2.45, 2.75) is 95.9 Å². The molecule has 0 radical (unpaired) electrons. The maximum Gasteiger partial charge on any atom is 0.427 e. The highest BCUT2D eigenvalue weighted by atomic mass is 32.2. The van der Waals surface area contributed by atoms with Crippen LogP contribution in [0.5, 0.6) is 11.6 Å². The van der Waals surface area contributed by atoms with E-state index in [1.54, 1.807) is 20.8 Å². The van der Waals surface area contributed by atoms with Gasteiger partial charge in [-0.15, -0.1) is 5.10 Å². The van der Waals surface area contributed by atoms with E-state index in [1.807, 2.05) is 0 Å². The third-order valence-corrected chi connectivity index (χ3v) is 8.16. The van der Waals surface area contributed by atoms with Gasteiger partial charge < -0.3 is 19.5 Å². The lowest BCUT2D eigenvalue weighted by molar-refractivity contribution is -0.257. The Bertz CT molecular complexity index is 1460. The van der Waals surface area contributed by atoms with Gasteiger partial charge in [0.1, 0.15) is 11.9 Å². The van der Waals surface area contributed by atoms with Crippen molar-refractivity contribution >= 4 is 27.6 Å². The fraction of sp³-hybridized carbons (Fsp3) is 0.577. The predicted molar refractivity (Wildman–Crippen MR) is 142 cm³/mol. The summed E-state index contributed by atoms with van der Waals surface area (Å²) < 4.78 is 111. The zero-order chi connectivity index (χ0) is 32.5. The quantitative estimate of drug-likeness (QED) is 0.286. The standard InChI is InChI=1S/C26H33F5N4O7S/c1-7-34-14-20(22(33-34)41-23(27)28)43(38,39)35-13-17(12-24(3,4)32-15(2)36)40-19-9-8-16(10-18(19)35)11-21(37)42-25(5,6)26(29,30)31/h8-10,14,17,23H,7,11-13H2,1-6H3,(H,32,36)/t17-/m0/s1. The molecule has 0 spiro atoms. The number of aryl methyl sites for hydroxylation is 1. The van der Waals surface area contributed by atoms with Crippen molar-refractivity contribution in [3.05, 3.63) is 30.0 Å². The largest absolute Gasteiger partial charge is 0.486 e. The van der Waals surface area contributed by atoms with Crippen LogP contribution in [0.4, 0.5) is 27.6 Å². The monoisotopic (exact) mass is 640 g/mol. The molecule has 43 heavy (non-hydrogen) atoms. The summed E-state index contributed by atoms with van der Waals surface area (Å²) in [5.41, 5.74) is -3.64. The summed E-state index contributed by atoms with van der Waals surface area (Å²) in [7, 11) is -4.69. The predicted octanol–water partition coefficient (Wildman–Crippen LogP) is 4.19. The molecule has 11 nitrogen and oxygen atoms in total. The number of sulfonamides is 1. The van der Waals surface area contributed by atoms with Crippen molar-refractivity contribution in [1.29, 1.82) is 0 Å². The molecule has 0 bridgehead atoms. The van der Waals surface area contributed by atoms with Gasteiger partial charge in [-0.1, -0.05) is 6.07 Å². The smallest absolute Gasteiger partial charge is 0.427 e. The molecule has 1 atom stereocenters. The molecule has 1 aromatic heterocycles. The number of amides is 1. The molecule has 1 aromatic carbocycles. The number of ether oxygens (including phenoxy) is 3. The van der Waals surface area contributed by atoms with Crippen molar-refractivity contribution in [2.75, 3.05) is 10.8 Å². The van der Waals surface area contributed by atoms with E-state index in [9.17, 15) is 40.0 Å². The fourth-order valence-electron chi connectivity index (χ4n) is 4.45. The first-order chi connectivity index (χ1) is 19.6. The van der Waals surface area contributed by atoms with Crippen LogP contribution in [-0.4, -0.2) is 66.7 Å². The van der Waals surface area contributed by atoms with Gasteiger partial charge in [0, 0.05) is 31.6 Å². The second kappa shape index (κ2) is 12.2. The van der Waals surface area contributed by atoms with Crippen LogP contribution in [0.2, 0.25) is 0 Å². The third-order valence-electron chi connectivity index (χ3n) is 6.40. The highest BCUT2D eigenvalue weighted by Crippen LogP contribution is 2.41. The topological polar surface area (TPSA) is 129 Å². The number of carbonyl (C=O) groups is 2. The average molecular weight is 641 g/mol. The number of fused-ring (bicyclic) bond motifs is 1. The Morgan fingerprint density at radius 3 is 2.40 bits per heavy atom. The fourth-order valence-corrected chi connectivity index (χ4v) is 6.02. The first-order valence-corrected chi connectivity index (χ1v) is 14.5. The number of nitrogens with one attached hydrogen (secondary N) is 1. The maximum absolute atomic E-state index is 14.0. The number of hydrogen-bond acceptors (Lipinski definition) is 8. The zero-order valence-electron chi connectivity index (χ0n) is 24.3. The lowest BCUT2D eigenvalue weighted by atomic mass is 9.95. The SMILES string of the molecule is CCn1cc(S(=O)(=O)N2C[C@H](CC(C)(C)NC(C)=O)Oc3ccc(CC(=O)OC(C)(C)C(F)(F)F)cc32)c(OC(F)F)n1. The van der Waals surface area contributed by atoms with Crippen LogP contribution in [0.3, 0.4) is 0 Å². The normalized spacial score (nSPS) is 16.0. The van der Waals surface area contributed by atoms with Gasteiger partial charge >= 0.3 is 18.8 Å². The summed E-state index contributed by atoms with van der Waals surface area (Å²) in [4.78, 5) is 23.4. The minimum atomic E-state index is -4.84. The summed E-state index contributed by atoms with van der Waals surface area (Å²) in [5, 5.41) is 6.53. The highest BCUT2D eigenvalue weighted by molar-refractivity contribution is 7.93. The van der Waals surface area contributed by atoms with Crippen molar-refractivity contribution in [3.8, 4) is 11.6 Å². The van der Waals surface area contributed by atoms with Crippen LogP contribution < -0.4 is 19.1 Å². The number of rotatable bonds is 11. The van der Waals surface area contributed by atoms with Crippen molar-refractivity contribution in [1.82, 2.24) is 15.1 Å². The van der Waals surface area contributed by atoms with Crippen LogP contribution in [0.15, 0.2) is 29.3 Å². The second-order valence-corrected chi connectivity index (χ2v) is 12.9. The Morgan fingerprint density at radius 1 is 1.19 bits per heavy atom. The molecule has 1 aliphatic heterocycles. The van der Waals surface area contributed by atoms with Gasteiger partial charge in [0.05, 0.1) is 18.7 Å². The second-order valence-electron chi connectivity index (χ2n) is 11.0. The minimum absolute atomic E-state index is 0.0189. The van der Waals surface area contributed by atoms with Gasteiger partial charge in [0.15, 0.2) is 4.90 Å². The molecule has 2 aromatic rings. The average Bonchev–Trinajstić information content (AvgIpc) is 3.24. The summed E-state index contributed by atoms with van der Waals surface area (Å²) in [5.74, 6) is -2.38. The molecule has 0 unspecified atom stereocenters. The lowest BCUT2D eigenvalue weighted by Gasteiger charge is -2.38. The molecule has 2 heterocycles. The minimum Gasteiger partial charge on any atom is -0.486 e. The maximum atomic E-state index is 14.0. The van der Waals surface area contributed by atoms with E-state index < -0.39 is 63.2 Å². The molecule has 1 amide bonds. The lowest BCUT2D eigenvalue weighted by Crippen LogP contribution is -2.50. The van der Waals surface area contributed by atoms with Crippen LogP contribution >= 0.6 is 0 Å². The summed E-state index contributed by atoms with van der Waals surface area (Å²) in [6.45, 7) is 4.08. The number of anilines is 1. The number of halogens is 5. The van der Waals surface area contributed by atoms with E-state index in [0.29, 0.717) is 13.8 Å². The number of esters is 1. The van der Waals surface area contributed by atoms with Crippen molar-refractivity contribution < 1.29 is 54.2 Å². The van der Waals surface area contributed by atoms with Gasteiger partial charge in [-0.3, -0.25) is 18.6 Å². The van der Waals surface area contributed by atoms with E-state index in [1.165, 1.54) is 25.1 Å².